The highest BCUT2D eigenvalue weighted by molar-refractivity contribution is 5.75. The van der Waals surface area contributed by atoms with Gasteiger partial charge in [-0.2, -0.15) is 0 Å². The van der Waals surface area contributed by atoms with E-state index in [9.17, 15) is 9.90 Å². The van der Waals surface area contributed by atoms with Gasteiger partial charge >= 0.3 is 6.03 Å². The molecule has 1 aliphatic heterocycles. The Morgan fingerprint density at radius 2 is 2.12 bits per heavy atom. The summed E-state index contributed by atoms with van der Waals surface area (Å²) in [5.41, 5.74) is -0.204. The molecule has 0 aromatic heterocycles. The van der Waals surface area contributed by atoms with Gasteiger partial charge in [-0.05, 0) is 53.4 Å². The van der Waals surface area contributed by atoms with E-state index in [1.54, 1.807) is 6.92 Å². The maximum Gasteiger partial charge on any atom is 0.318 e. The van der Waals surface area contributed by atoms with Crippen LogP contribution < -0.4 is 5.32 Å². The third-order valence-electron chi connectivity index (χ3n) is 2.98. The van der Waals surface area contributed by atoms with Crippen LogP contribution >= 0.6 is 0 Å². The Bertz CT molecular complexity index is 259. The average molecular weight is 242 g/mol. The largest absolute Gasteiger partial charge is 0.393 e. The van der Waals surface area contributed by atoms with Gasteiger partial charge in [0.1, 0.15) is 0 Å². The van der Waals surface area contributed by atoms with E-state index in [2.05, 4.69) is 5.32 Å². The number of urea groups is 1. The summed E-state index contributed by atoms with van der Waals surface area (Å²) in [5.74, 6) is 0. The smallest absolute Gasteiger partial charge is 0.318 e. The molecule has 2 amide bonds. The van der Waals surface area contributed by atoms with Crippen molar-refractivity contribution in [3.63, 3.8) is 0 Å². The van der Waals surface area contributed by atoms with Crippen molar-refractivity contribution >= 4 is 6.03 Å². The summed E-state index contributed by atoms with van der Waals surface area (Å²) < 4.78 is 0. The van der Waals surface area contributed by atoms with Crippen molar-refractivity contribution in [1.29, 1.82) is 0 Å². The third-order valence-corrected chi connectivity index (χ3v) is 2.98. The van der Waals surface area contributed by atoms with Gasteiger partial charge in [0.05, 0.1) is 6.10 Å². The van der Waals surface area contributed by atoms with Gasteiger partial charge in [0.2, 0.25) is 0 Å². The van der Waals surface area contributed by atoms with Crippen LogP contribution in [-0.4, -0.2) is 40.3 Å². The second-order valence-electron chi connectivity index (χ2n) is 6.11. The number of carbonyl (C=O) groups excluding carboxylic acids is 1. The summed E-state index contributed by atoms with van der Waals surface area (Å²) >= 11 is 0. The zero-order valence-electron chi connectivity index (χ0n) is 11.5. The van der Waals surface area contributed by atoms with Gasteiger partial charge in [-0.25, -0.2) is 4.79 Å². The summed E-state index contributed by atoms with van der Waals surface area (Å²) in [4.78, 5) is 14.0. The molecule has 0 radical (unpaired) electrons. The lowest BCUT2D eigenvalue weighted by molar-refractivity contribution is 0.0994. The van der Waals surface area contributed by atoms with E-state index in [0.29, 0.717) is 6.42 Å². The Hall–Kier alpha value is -0.770. The number of aliphatic hydroxyl groups is 1. The Morgan fingerprint density at radius 3 is 2.65 bits per heavy atom. The number of likely N-dealkylation sites (tertiary alicyclic amines) is 1. The number of carbonyl (C=O) groups is 1. The van der Waals surface area contributed by atoms with E-state index >= 15 is 0 Å². The average Bonchev–Trinajstić information content (AvgIpc) is 2.14. The Labute approximate surface area is 104 Å². The fourth-order valence-corrected chi connectivity index (χ4v) is 2.30. The SMILES string of the molecule is CC(O)CC1CCCCN1C(=O)NC(C)(C)C. The maximum atomic E-state index is 12.1. The number of amides is 2. The van der Waals surface area contributed by atoms with E-state index in [0.717, 1.165) is 25.8 Å². The molecule has 1 aliphatic rings. The second kappa shape index (κ2) is 5.71. The van der Waals surface area contributed by atoms with Crippen LogP contribution in [0.15, 0.2) is 0 Å². The number of nitrogens with zero attached hydrogens (tertiary/aromatic N) is 1. The van der Waals surface area contributed by atoms with E-state index in [1.165, 1.54) is 0 Å². The number of aliphatic hydroxyl groups excluding tert-OH is 1. The molecule has 4 nitrogen and oxygen atoms in total. The Balaban J connectivity index is 2.61. The predicted molar refractivity (Wildman–Crippen MR) is 68.9 cm³/mol. The normalized spacial score (nSPS) is 23.4. The summed E-state index contributed by atoms with van der Waals surface area (Å²) in [6, 6.07) is 0.189. The number of piperidine rings is 1. The lowest BCUT2D eigenvalue weighted by Crippen LogP contribution is -2.54. The molecule has 0 saturated carbocycles. The van der Waals surface area contributed by atoms with Crippen LogP contribution in [-0.2, 0) is 0 Å². The Kier molecular flexibility index (Phi) is 4.80. The number of rotatable bonds is 2. The third kappa shape index (κ3) is 4.94. The molecule has 2 atom stereocenters. The van der Waals surface area contributed by atoms with Crippen LogP contribution in [0.4, 0.5) is 4.79 Å². The zero-order chi connectivity index (χ0) is 13.1. The van der Waals surface area contributed by atoms with Crippen LogP contribution in [0.2, 0.25) is 0 Å². The van der Waals surface area contributed by atoms with E-state index < -0.39 is 0 Å². The van der Waals surface area contributed by atoms with Crippen LogP contribution in [0.3, 0.4) is 0 Å². The van der Waals surface area contributed by atoms with Crippen LogP contribution in [0, 0.1) is 0 Å². The monoisotopic (exact) mass is 242 g/mol. The fraction of sp³-hybridized carbons (Fsp3) is 0.923. The van der Waals surface area contributed by atoms with Crippen LogP contribution in [0.5, 0.6) is 0 Å². The van der Waals surface area contributed by atoms with Gasteiger partial charge in [-0.15, -0.1) is 0 Å². The molecular weight excluding hydrogens is 216 g/mol. The lowest BCUT2D eigenvalue weighted by Gasteiger charge is -2.38. The second-order valence-corrected chi connectivity index (χ2v) is 6.11. The quantitative estimate of drug-likeness (QED) is 0.779. The first kappa shape index (κ1) is 14.3. The van der Waals surface area contributed by atoms with E-state index in [1.807, 2.05) is 25.7 Å². The molecular formula is C13H26N2O2. The zero-order valence-corrected chi connectivity index (χ0v) is 11.5. The first-order chi connectivity index (χ1) is 7.79. The molecule has 100 valence electrons. The summed E-state index contributed by atoms with van der Waals surface area (Å²) in [6.07, 6.45) is 3.55. The highest BCUT2D eigenvalue weighted by Crippen LogP contribution is 2.21. The van der Waals surface area contributed by atoms with E-state index in [4.69, 9.17) is 0 Å². The molecule has 1 fully saturated rings. The highest BCUT2D eigenvalue weighted by atomic mass is 16.3. The molecule has 1 rings (SSSR count). The van der Waals surface area contributed by atoms with Crippen molar-refractivity contribution in [2.75, 3.05) is 6.54 Å². The summed E-state index contributed by atoms with van der Waals surface area (Å²) in [7, 11) is 0. The molecule has 0 aromatic carbocycles. The molecule has 4 heteroatoms. The minimum Gasteiger partial charge on any atom is -0.393 e. The molecule has 1 heterocycles. The molecule has 1 saturated heterocycles. The van der Waals surface area contributed by atoms with Crippen molar-refractivity contribution in [3.8, 4) is 0 Å². The molecule has 2 unspecified atom stereocenters. The molecule has 17 heavy (non-hydrogen) atoms. The topological polar surface area (TPSA) is 52.6 Å². The van der Waals surface area contributed by atoms with Crippen molar-refractivity contribution in [2.45, 2.75) is 71.1 Å². The molecule has 0 bridgehead atoms. The van der Waals surface area contributed by atoms with Gasteiger partial charge in [0, 0.05) is 18.1 Å². The van der Waals surface area contributed by atoms with Crippen LogP contribution in [0.25, 0.3) is 0 Å². The van der Waals surface area contributed by atoms with Gasteiger partial charge < -0.3 is 15.3 Å². The standard InChI is InChI=1S/C13H26N2O2/c1-10(16)9-11-7-5-6-8-15(11)12(17)14-13(2,3)4/h10-11,16H,5-9H2,1-4H3,(H,14,17). The van der Waals surface area contributed by atoms with Crippen molar-refractivity contribution in [2.24, 2.45) is 0 Å². The first-order valence-corrected chi connectivity index (χ1v) is 6.56. The first-order valence-electron chi connectivity index (χ1n) is 6.56. The van der Waals surface area contributed by atoms with Crippen molar-refractivity contribution in [1.82, 2.24) is 10.2 Å². The Morgan fingerprint density at radius 1 is 1.47 bits per heavy atom. The van der Waals surface area contributed by atoms with Gasteiger partial charge in [-0.1, -0.05) is 0 Å². The number of nitrogens with one attached hydrogen (secondary N) is 1. The molecule has 0 aliphatic carbocycles. The molecule has 2 N–H and O–H groups in total. The van der Waals surface area contributed by atoms with Crippen molar-refractivity contribution < 1.29 is 9.90 Å². The minimum atomic E-state index is -0.344. The van der Waals surface area contributed by atoms with Crippen molar-refractivity contribution in [3.05, 3.63) is 0 Å². The van der Waals surface area contributed by atoms with Gasteiger partial charge in [0.25, 0.3) is 0 Å². The minimum absolute atomic E-state index is 0.00264. The highest BCUT2D eigenvalue weighted by Gasteiger charge is 2.29. The van der Waals surface area contributed by atoms with Gasteiger partial charge in [-0.3, -0.25) is 0 Å². The van der Waals surface area contributed by atoms with Crippen LogP contribution in [0.1, 0.15) is 53.4 Å². The van der Waals surface area contributed by atoms with Gasteiger partial charge in [0.15, 0.2) is 0 Å². The van der Waals surface area contributed by atoms with E-state index in [-0.39, 0.29) is 23.7 Å². The summed E-state index contributed by atoms with van der Waals surface area (Å²) in [5, 5.41) is 12.5. The molecule has 0 aromatic rings. The number of hydrogen-bond donors (Lipinski definition) is 2. The summed E-state index contributed by atoms with van der Waals surface area (Å²) in [6.45, 7) is 8.54. The molecule has 0 spiro atoms. The number of hydrogen-bond acceptors (Lipinski definition) is 2. The fourth-order valence-electron chi connectivity index (χ4n) is 2.30. The maximum absolute atomic E-state index is 12.1. The lowest BCUT2D eigenvalue weighted by atomic mass is 9.97. The predicted octanol–water partition coefficient (Wildman–Crippen LogP) is 2.12.